The monoisotopic (exact) mass is 481 g/mol. The van der Waals surface area contributed by atoms with Crippen molar-refractivity contribution in [2.75, 3.05) is 26.1 Å². The van der Waals surface area contributed by atoms with E-state index in [4.69, 9.17) is 9.47 Å². The van der Waals surface area contributed by atoms with Crippen LogP contribution in [0, 0.1) is 0 Å². The molecule has 2 aromatic rings. The molecule has 0 unspecified atom stereocenters. The fraction of sp³-hybridized carbons (Fsp3) is 0.429. The summed E-state index contributed by atoms with van der Waals surface area (Å²) in [6.07, 6.45) is 6.20. The lowest BCUT2D eigenvalue weighted by Crippen LogP contribution is -2.22. The van der Waals surface area contributed by atoms with Crippen LogP contribution in [0.1, 0.15) is 41.8 Å². The molecule has 3 rings (SSSR count). The maximum Gasteiger partial charge on any atom is 0.351 e. The predicted molar refractivity (Wildman–Crippen MR) is 117 cm³/mol. The molecule has 1 N–H and O–H groups in total. The molecular formula is C21H24BrNO5S. The molecule has 0 bridgehead atoms. The Morgan fingerprint density at radius 3 is 2.62 bits per heavy atom. The summed E-state index contributed by atoms with van der Waals surface area (Å²) >= 11 is 4.80. The van der Waals surface area contributed by atoms with Crippen LogP contribution in [0.25, 0.3) is 10.4 Å². The number of thiophene rings is 1. The number of methoxy groups -OCH3 is 2. The maximum atomic E-state index is 12.2. The molecule has 1 aromatic carbocycles. The van der Waals surface area contributed by atoms with Gasteiger partial charge in [0.1, 0.15) is 0 Å². The van der Waals surface area contributed by atoms with Crippen molar-refractivity contribution in [3.8, 4) is 16.2 Å². The zero-order valence-corrected chi connectivity index (χ0v) is 18.9. The fourth-order valence-electron chi connectivity index (χ4n) is 3.36. The van der Waals surface area contributed by atoms with Gasteiger partial charge >= 0.3 is 11.9 Å². The van der Waals surface area contributed by atoms with Crippen LogP contribution in [0.15, 0.2) is 28.7 Å². The molecule has 1 saturated carbocycles. The number of nitrogens with one attached hydrogen (secondary N) is 1. The smallest absolute Gasteiger partial charge is 0.351 e. The molecule has 6 nitrogen and oxygen atoms in total. The SMILES string of the molecule is COC(=O)COc1c(C(=O)OC)sc(-c2cccc(NC3CCCCC3)c2)c1Br. The van der Waals surface area contributed by atoms with Gasteiger partial charge in [-0.05, 0) is 46.5 Å². The zero-order valence-electron chi connectivity index (χ0n) is 16.5. The van der Waals surface area contributed by atoms with Gasteiger partial charge in [0.2, 0.25) is 0 Å². The summed E-state index contributed by atoms with van der Waals surface area (Å²) in [5, 5.41) is 3.62. The van der Waals surface area contributed by atoms with E-state index in [0.29, 0.717) is 15.4 Å². The highest BCUT2D eigenvalue weighted by Gasteiger charge is 2.25. The fourth-order valence-corrected chi connectivity index (χ4v) is 5.33. The van der Waals surface area contributed by atoms with Gasteiger partial charge in [0.25, 0.3) is 0 Å². The van der Waals surface area contributed by atoms with Crippen LogP contribution in [-0.4, -0.2) is 38.8 Å². The average Bonchev–Trinajstić information content (AvgIpc) is 3.08. The number of benzene rings is 1. The standard InChI is InChI=1S/C21H24BrNO5S/c1-26-16(24)12-28-18-17(22)19(29-20(18)21(25)27-2)13-7-6-10-15(11-13)23-14-8-4-3-5-9-14/h6-7,10-11,14,23H,3-5,8-9,12H2,1-2H3. The summed E-state index contributed by atoms with van der Waals surface area (Å²) in [6.45, 7) is -0.293. The van der Waals surface area contributed by atoms with Crippen LogP contribution in [-0.2, 0) is 14.3 Å². The summed E-state index contributed by atoms with van der Waals surface area (Å²) in [5.74, 6) is -0.759. The van der Waals surface area contributed by atoms with E-state index >= 15 is 0 Å². The molecule has 1 aromatic heterocycles. The third-order valence-corrected chi connectivity index (χ3v) is 7.06. The molecule has 29 heavy (non-hydrogen) atoms. The van der Waals surface area contributed by atoms with Crippen LogP contribution in [0.5, 0.6) is 5.75 Å². The number of carbonyl (C=O) groups is 2. The summed E-state index contributed by atoms with van der Waals surface area (Å²) in [6, 6.07) is 8.58. The van der Waals surface area contributed by atoms with Crippen molar-refractivity contribution >= 4 is 44.9 Å². The Morgan fingerprint density at radius 2 is 1.93 bits per heavy atom. The molecular weight excluding hydrogens is 458 g/mol. The van der Waals surface area contributed by atoms with Crippen molar-refractivity contribution in [1.82, 2.24) is 0 Å². The van der Waals surface area contributed by atoms with E-state index in [1.165, 1.54) is 57.7 Å². The molecule has 0 spiro atoms. The topological polar surface area (TPSA) is 73.9 Å². The van der Waals surface area contributed by atoms with E-state index < -0.39 is 11.9 Å². The second kappa shape index (κ2) is 10.1. The Balaban J connectivity index is 1.89. The summed E-state index contributed by atoms with van der Waals surface area (Å²) < 4.78 is 15.7. The molecule has 1 fully saturated rings. The van der Waals surface area contributed by atoms with Gasteiger partial charge in [-0.25, -0.2) is 9.59 Å². The van der Waals surface area contributed by atoms with E-state index in [0.717, 1.165) is 16.1 Å². The quantitative estimate of drug-likeness (QED) is 0.543. The van der Waals surface area contributed by atoms with Crippen molar-refractivity contribution in [2.45, 2.75) is 38.1 Å². The van der Waals surface area contributed by atoms with Crippen molar-refractivity contribution in [2.24, 2.45) is 0 Å². The van der Waals surface area contributed by atoms with Gasteiger partial charge in [-0.3, -0.25) is 0 Å². The minimum absolute atomic E-state index is 0.285. The Hall–Kier alpha value is -2.06. The zero-order chi connectivity index (χ0) is 20.8. The minimum atomic E-state index is -0.529. The van der Waals surface area contributed by atoms with Gasteiger partial charge in [0, 0.05) is 11.7 Å². The normalized spacial score (nSPS) is 14.3. The molecule has 1 aliphatic rings. The van der Waals surface area contributed by atoms with Crippen molar-refractivity contribution in [3.63, 3.8) is 0 Å². The molecule has 0 saturated heterocycles. The molecule has 0 atom stereocenters. The van der Waals surface area contributed by atoms with Crippen molar-refractivity contribution in [3.05, 3.63) is 33.6 Å². The van der Waals surface area contributed by atoms with Gasteiger partial charge in [0.05, 0.1) is 23.6 Å². The van der Waals surface area contributed by atoms with Gasteiger partial charge in [-0.15, -0.1) is 11.3 Å². The molecule has 0 aliphatic heterocycles. The first-order valence-corrected chi connectivity index (χ1v) is 11.1. The van der Waals surface area contributed by atoms with Crippen LogP contribution < -0.4 is 10.1 Å². The largest absolute Gasteiger partial charge is 0.479 e. The van der Waals surface area contributed by atoms with Gasteiger partial charge in [-0.1, -0.05) is 31.4 Å². The number of hydrogen-bond acceptors (Lipinski definition) is 7. The van der Waals surface area contributed by atoms with E-state index in [1.807, 2.05) is 12.1 Å². The van der Waals surface area contributed by atoms with Crippen molar-refractivity contribution in [1.29, 1.82) is 0 Å². The maximum absolute atomic E-state index is 12.2. The van der Waals surface area contributed by atoms with E-state index in [2.05, 4.69) is 38.1 Å². The minimum Gasteiger partial charge on any atom is -0.479 e. The average molecular weight is 482 g/mol. The Labute approximate surface area is 182 Å². The predicted octanol–water partition coefficient (Wildman–Crippen LogP) is 5.26. The number of hydrogen-bond donors (Lipinski definition) is 1. The Kier molecular flexibility index (Phi) is 7.55. The summed E-state index contributed by atoms with van der Waals surface area (Å²) in [5.41, 5.74) is 1.99. The molecule has 0 amide bonds. The second-order valence-corrected chi connectivity index (χ2v) is 8.63. The number of halogens is 1. The second-order valence-electron chi connectivity index (χ2n) is 6.82. The highest BCUT2D eigenvalue weighted by atomic mass is 79.9. The summed E-state index contributed by atoms with van der Waals surface area (Å²) in [4.78, 5) is 24.8. The van der Waals surface area contributed by atoms with Gasteiger partial charge in [-0.2, -0.15) is 0 Å². The lowest BCUT2D eigenvalue weighted by Gasteiger charge is -2.24. The van der Waals surface area contributed by atoms with Crippen LogP contribution in [0.3, 0.4) is 0 Å². The first-order chi connectivity index (χ1) is 14.0. The van der Waals surface area contributed by atoms with Crippen molar-refractivity contribution < 1.29 is 23.8 Å². The third kappa shape index (κ3) is 5.30. The highest BCUT2D eigenvalue weighted by molar-refractivity contribution is 9.10. The van der Waals surface area contributed by atoms with Crippen LogP contribution in [0.4, 0.5) is 5.69 Å². The van der Waals surface area contributed by atoms with E-state index in [9.17, 15) is 9.59 Å². The van der Waals surface area contributed by atoms with Crippen LogP contribution in [0.2, 0.25) is 0 Å². The molecule has 1 heterocycles. The molecule has 0 radical (unpaired) electrons. The molecule has 1 aliphatic carbocycles. The molecule has 8 heteroatoms. The summed E-state index contributed by atoms with van der Waals surface area (Å²) in [7, 11) is 2.60. The first-order valence-electron chi connectivity index (χ1n) is 9.50. The third-order valence-electron chi connectivity index (χ3n) is 4.84. The first kappa shape index (κ1) is 21.6. The van der Waals surface area contributed by atoms with Gasteiger partial charge < -0.3 is 19.5 Å². The number of ether oxygens (including phenoxy) is 3. The van der Waals surface area contributed by atoms with E-state index in [-0.39, 0.29) is 12.4 Å². The lowest BCUT2D eigenvalue weighted by atomic mass is 9.95. The number of carbonyl (C=O) groups excluding carboxylic acids is 2. The lowest BCUT2D eigenvalue weighted by molar-refractivity contribution is -0.142. The Bertz CT molecular complexity index is 876. The molecule has 156 valence electrons. The number of esters is 2. The number of rotatable bonds is 7. The number of anilines is 1. The van der Waals surface area contributed by atoms with E-state index in [1.54, 1.807) is 0 Å². The highest BCUT2D eigenvalue weighted by Crippen LogP contribution is 2.46. The Morgan fingerprint density at radius 1 is 1.17 bits per heavy atom. The van der Waals surface area contributed by atoms with Crippen LogP contribution >= 0.6 is 27.3 Å². The van der Waals surface area contributed by atoms with Gasteiger partial charge in [0.15, 0.2) is 17.2 Å².